The lowest BCUT2D eigenvalue weighted by atomic mass is 10.2. The van der Waals surface area contributed by atoms with Crippen LogP contribution < -0.4 is 10.1 Å². The summed E-state index contributed by atoms with van der Waals surface area (Å²) in [6.07, 6.45) is 0. The highest BCUT2D eigenvalue weighted by molar-refractivity contribution is 5.79. The topological polar surface area (TPSA) is 61.9 Å². The first-order valence-corrected chi connectivity index (χ1v) is 8.85. The second-order valence-corrected chi connectivity index (χ2v) is 6.23. The van der Waals surface area contributed by atoms with E-state index in [-0.39, 0.29) is 24.3 Å². The number of hydrogen-bond donors (Lipinski definition) is 1. The number of ether oxygens (including phenoxy) is 1. The van der Waals surface area contributed by atoms with Gasteiger partial charge in [0.25, 0.3) is 5.91 Å². The number of urea groups is 1. The molecule has 0 unspecified atom stereocenters. The minimum absolute atomic E-state index is 0.0600. The zero-order valence-corrected chi connectivity index (χ0v) is 14.9. The molecule has 0 aromatic heterocycles. The van der Waals surface area contributed by atoms with Crippen LogP contribution >= 0.6 is 0 Å². The van der Waals surface area contributed by atoms with Crippen LogP contribution in [0.2, 0.25) is 0 Å². The number of nitrogens with zero attached hydrogens (tertiary/aromatic N) is 2. The molecule has 142 valence electrons. The summed E-state index contributed by atoms with van der Waals surface area (Å²) in [5, 5.41) is 2.88. The molecule has 1 saturated heterocycles. The van der Waals surface area contributed by atoms with Gasteiger partial charge in [-0.3, -0.25) is 4.79 Å². The molecular weight excluding hydrogens is 349 g/mol. The molecular formula is C20H22FN3O3. The van der Waals surface area contributed by atoms with Crippen molar-refractivity contribution >= 4 is 11.9 Å². The highest BCUT2D eigenvalue weighted by atomic mass is 19.1. The predicted octanol–water partition coefficient (Wildman–Crippen LogP) is 2.26. The van der Waals surface area contributed by atoms with E-state index in [9.17, 15) is 14.0 Å². The third kappa shape index (κ3) is 5.20. The van der Waals surface area contributed by atoms with E-state index in [1.54, 1.807) is 21.9 Å². The molecule has 0 spiro atoms. The van der Waals surface area contributed by atoms with E-state index in [0.29, 0.717) is 32.7 Å². The molecule has 3 rings (SSSR count). The number of benzene rings is 2. The standard InChI is InChI=1S/C20H22FN3O3/c21-17-8-4-5-9-18(17)27-15-19(25)23-10-12-24(13-11-23)20(26)22-14-16-6-2-1-3-7-16/h1-9H,10-15H2,(H,22,26). The Morgan fingerprint density at radius 2 is 1.56 bits per heavy atom. The average Bonchev–Trinajstić information content (AvgIpc) is 2.72. The van der Waals surface area contributed by atoms with Gasteiger partial charge in [-0.1, -0.05) is 42.5 Å². The van der Waals surface area contributed by atoms with Crippen LogP contribution in [0.5, 0.6) is 5.75 Å². The molecule has 1 aliphatic rings. The van der Waals surface area contributed by atoms with Gasteiger partial charge in [0.05, 0.1) is 0 Å². The number of rotatable bonds is 5. The summed E-state index contributed by atoms with van der Waals surface area (Å²) in [7, 11) is 0. The zero-order chi connectivity index (χ0) is 19.1. The van der Waals surface area contributed by atoms with Crippen LogP contribution in [0.25, 0.3) is 0 Å². The Bertz CT molecular complexity index is 777. The normalized spacial score (nSPS) is 14.0. The number of amides is 3. The van der Waals surface area contributed by atoms with Gasteiger partial charge in [-0.05, 0) is 17.7 Å². The molecule has 0 saturated carbocycles. The quantitative estimate of drug-likeness (QED) is 0.877. The van der Waals surface area contributed by atoms with Crippen molar-refractivity contribution in [1.82, 2.24) is 15.1 Å². The van der Waals surface area contributed by atoms with Gasteiger partial charge in [0.15, 0.2) is 18.2 Å². The predicted molar refractivity (Wildman–Crippen MR) is 98.7 cm³/mol. The maximum atomic E-state index is 13.5. The van der Waals surface area contributed by atoms with Gasteiger partial charge >= 0.3 is 6.03 Å². The van der Waals surface area contributed by atoms with Gasteiger partial charge in [-0.25, -0.2) is 9.18 Å². The minimum Gasteiger partial charge on any atom is -0.481 e. The molecule has 1 heterocycles. The molecule has 0 atom stereocenters. The van der Waals surface area contributed by atoms with Crippen LogP contribution in [0, 0.1) is 5.82 Å². The van der Waals surface area contributed by atoms with Crippen molar-refractivity contribution in [3.63, 3.8) is 0 Å². The molecule has 3 amide bonds. The third-order valence-corrected chi connectivity index (χ3v) is 4.39. The second-order valence-electron chi connectivity index (χ2n) is 6.23. The maximum Gasteiger partial charge on any atom is 0.317 e. The number of piperazine rings is 1. The third-order valence-electron chi connectivity index (χ3n) is 4.39. The molecule has 1 N–H and O–H groups in total. The van der Waals surface area contributed by atoms with Crippen LogP contribution in [-0.2, 0) is 11.3 Å². The monoisotopic (exact) mass is 371 g/mol. The number of hydrogen-bond acceptors (Lipinski definition) is 3. The molecule has 0 aliphatic carbocycles. The van der Waals surface area contributed by atoms with E-state index in [1.807, 2.05) is 30.3 Å². The summed E-state index contributed by atoms with van der Waals surface area (Å²) in [4.78, 5) is 27.8. The molecule has 2 aromatic rings. The van der Waals surface area contributed by atoms with Crippen LogP contribution in [0.1, 0.15) is 5.56 Å². The van der Waals surface area contributed by atoms with E-state index >= 15 is 0 Å². The van der Waals surface area contributed by atoms with Gasteiger partial charge in [-0.2, -0.15) is 0 Å². The van der Waals surface area contributed by atoms with Crippen molar-refractivity contribution in [1.29, 1.82) is 0 Å². The summed E-state index contributed by atoms with van der Waals surface area (Å²) >= 11 is 0. The SMILES string of the molecule is O=C(COc1ccccc1F)N1CCN(C(=O)NCc2ccccc2)CC1. The fourth-order valence-corrected chi connectivity index (χ4v) is 2.84. The summed E-state index contributed by atoms with van der Waals surface area (Å²) in [6.45, 7) is 2.00. The molecule has 1 fully saturated rings. The first kappa shape index (κ1) is 18.7. The molecule has 1 aliphatic heterocycles. The Balaban J connectivity index is 1.40. The largest absolute Gasteiger partial charge is 0.481 e. The van der Waals surface area contributed by atoms with E-state index in [4.69, 9.17) is 4.74 Å². The Morgan fingerprint density at radius 3 is 2.26 bits per heavy atom. The summed E-state index contributed by atoms with van der Waals surface area (Å²) < 4.78 is 18.8. The first-order chi connectivity index (χ1) is 13.1. The lowest BCUT2D eigenvalue weighted by Gasteiger charge is -2.34. The number of carbonyl (C=O) groups is 2. The van der Waals surface area contributed by atoms with Gasteiger partial charge in [0, 0.05) is 32.7 Å². The van der Waals surface area contributed by atoms with Gasteiger partial charge in [0.2, 0.25) is 0 Å². The van der Waals surface area contributed by atoms with Gasteiger partial charge < -0.3 is 19.9 Å². The maximum absolute atomic E-state index is 13.5. The summed E-state index contributed by atoms with van der Waals surface area (Å²) in [5.74, 6) is -0.655. The van der Waals surface area contributed by atoms with Crippen molar-refractivity contribution in [3.05, 3.63) is 66.0 Å². The van der Waals surface area contributed by atoms with Gasteiger partial charge in [-0.15, -0.1) is 0 Å². The molecule has 6 nitrogen and oxygen atoms in total. The van der Waals surface area contributed by atoms with E-state index in [1.165, 1.54) is 12.1 Å². The molecule has 7 heteroatoms. The van der Waals surface area contributed by atoms with Crippen molar-refractivity contribution in [2.75, 3.05) is 32.8 Å². The summed E-state index contributed by atoms with van der Waals surface area (Å²) in [5.41, 5.74) is 1.03. The highest BCUT2D eigenvalue weighted by Crippen LogP contribution is 2.15. The average molecular weight is 371 g/mol. The second kappa shape index (κ2) is 9.02. The number of nitrogens with one attached hydrogen (secondary N) is 1. The fraction of sp³-hybridized carbons (Fsp3) is 0.300. The Labute approximate surface area is 157 Å². The zero-order valence-electron chi connectivity index (χ0n) is 14.9. The van der Waals surface area contributed by atoms with E-state index in [2.05, 4.69) is 5.32 Å². The fourth-order valence-electron chi connectivity index (χ4n) is 2.84. The van der Waals surface area contributed by atoms with Crippen LogP contribution in [0.15, 0.2) is 54.6 Å². The lowest BCUT2D eigenvalue weighted by Crippen LogP contribution is -2.53. The van der Waals surface area contributed by atoms with Crippen molar-refractivity contribution in [2.45, 2.75) is 6.54 Å². The van der Waals surface area contributed by atoms with Crippen LogP contribution in [0.3, 0.4) is 0 Å². The Hall–Kier alpha value is -3.09. The van der Waals surface area contributed by atoms with Crippen LogP contribution in [0.4, 0.5) is 9.18 Å². The molecule has 2 aromatic carbocycles. The first-order valence-electron chi connectivity index (χ1n) is 8.85. The molecule has 0 bridgehead atoms. The minimum atomic E-state index is -0.495. The van der Waals surface area contributed by atoms with Crippen molar-refractivity contribution in [2.24, 2.45) is 0 Å². The van der Waals surface area contributed by atoms with Crippen LogP contribution in [-0.4, -0.2) is 54.5 Å². The lowest BCUT2D eigenvalue weighted by molar-refractivity contribution is -0.134. The highest BCUT2D eigenvalue weighted by Gasteiger charge is 2.24. The van der Waals surface area contributed by atoms with Gasteiger partial charge in [0.1, 0.15) is 0 Å². The number of carbonyl (C=O) groups excluding carboxylic acids is 2. The number of halogens is 1. The Morgan fingerprint density at radius 1 is 0.926 bits per heavy atom. The Kier molecular flexibility index (Phi) is 6.25. The summed E-state index contributed by atoms with van der Waals surface area (Å²) in [6, 6.07) is 15.5. The smallest absolute Gasteiger partial charge is 0.317 e. The van der Waals surface area contributed by atoms with Crippen molar-refractivity contribution < 1.29 is 18.7 Å². The number of para-hydroxylation sites is 1. The molecule has 0 radical (unpaired) electrons. The van der Waals surface area contributed by atoms with Crippen molar-refractivity contribution in [3.8, 4) is 5.75 Å². The van der Waals surface area contributed by atoms with E-state index in [0.717, 1.165) is 5.56 Å². The molecule has 27 heavy (non-hydrogen) atoms. The van der Waals surface area contributed by atoms with E-state index < -0.39 is 5.82 Å².